The normalized spacial score (nSPS) is 21.4. The molecule has 1 aromatic rings. The summed E-state index contributed by atoms with van der Waals surface area (Å²) in [5.41, 5.74) is -0.132. The zero-order valence-corrected chi connectivity index (χ0v) is 12.5. The molecule has 6 nitrogen and oxygen atoms in total. The molecule has 1 saturated carbocycles. The molecule has 7 heteroatoms. The minimum atomic E-state index is -0.613. The standard InChI is InChI=1S/C13H14BrNO5/c1-2-5-19-13-10(16)7-12(13)20-11-4-3-8(14)6-9(11)15(17)18/h3-4,6,12-13H,2,5,7H2,1H3. The fourth-order valence-corrected chi connectivity index (χ4v) is 2.26. The summed E-state index contributed by atoms with van der Waals surface area (Å²) in [6.45, 7) is 2.41. The molecular formula is C13H14BrNO5. The molecule has 0 saturated heterocycles. The van der Waals surface area contributed by atoms with Crippen LogP contribution in [0.25, 0.3) is 0 Å². The van der Waals surface area contributed by atoms with Gasteiger partial charge in [-0.3, -0.25) is 14.9 Å². The van der Waals surface area contributed by atoms with Crippen LogP contribution in [-0.2, 0) is 9.53 Å². The Morgan fingerprint density at radius 2 is 2.25 bits per heavy atom. The van der Waals surface area contributed by atoms with Crippen molar-refractivity contribution in [3.8, 4) is 5.75 Å². The van der Waals surface area contributed by atoms with Gasteiger partial charge in [0.1, 0.15) is 6.10 Å². The van der Waals surface area contributed by atoms with E-state index in [0.717, 1.165) is 6.42 Å². The number of rotatable bonds is 6. The van der Waals surface area contributed by atoms with Crippen molar-refractivity contribution in [1.29, 1.82) is 0 Å². The monoisotopic (exact) mass is 343 g/mol. The Kier molecular flexibility index (Phi) is 4.72. The summed E-state index contributed by atoms with van der Waals surface area (Å²) >= 11 is 3.18. The number of carbonyl (C=O) groups excluding carboxylic acids is 1. The first kappa shape index (κ1) is 14.9. The molecule has 2 atom stereocenters. The molecule has 0 amide bonds. The third kappa shape index (κ3) is 3.16. The van der Waals surface area contributed by atoms with Crippen LogP contribution in [0.5, 0.6) is 5.75 Å². The van der Waals surface area contributed by atoms with Crippen molar-refractivity contribution < 1.29 is 19.2 Å². The lowest BCUT2D eigenvalue weighted by Gasteiger charge is -2.34. The number of ketones is 1. The van der Waals surface area contributed by atoms with Crippen molar-refractivity contribution in [2.75, 3.05) is 6.61 Å². The summed E-state index contributed by atoms with van der Waals surface area (Å²) in [6.07, 6.45) is -0.0385. The number of hydrogen-bond donors (Lipinski definition) is 0. The van der Waals surface area contributed by atoms with Gasteiger partial charge < -0.3 is 9.47 Å². The van der Waals surface area contributed by atoms with Crippen LogP contribution in [0.3, 0.4) is 0 Å². The van der Waals surface area contributed by atoms with E-state index in [1.165, 1.54) is 12.1 Å². The highest BCUT2D eigenvalue weighted by atomic mass is 79.9. The van der Waals surface area contributed by atoms with E-state index in [1.807, 2.05) is 6.92 Å². The Morgan fingerprint density at radius 3 is 2.85 bits per heavy atom. The summed E-state index contributed by atoms with van der Waals surface area (Å²) < 4.78 is 11.6. The molecule has 0 heterocycles. The van der Waals surface area contributed by atoms with Gasteiger partial charge in [-0.25, -0.2) is 0 Å². The Labute approximate surface area is 124 Å². The highest BCUT2D eigenvalue weighted by Crippen LogP contribution is 2.34. The summed E-state index contributed by atoms with van der Waals surface area (Å²) in [5.74, 6) is 0.129. The molecule has 0 aromatic heterocycles. The van der Waals surface area contributed by atoms with Crippen LogP contribution < -0.4 is 4.74 Å². The number of Topliss-reactive ketones (excluding diaryl/α,β-unsaturated/α-hetero) is 1. The molecule has 0 radical (unpaired) electrons. The highest BCUT2D eigenvalue weighted by molar-refractivity contribution is 9.10. The molecule has 108 valence electrons. The van der Waals surface area contributed by atoms with E-state index in [1.54, 1.807) is 6.07 Å². The smallest absolute Gasteiger partial charge is 0.312 e. The van der Waals surface area contributed by atoms with Crippen molar-refractivity contribution in [3.63, 3.8) is 0 Å². The second-order valence-corrected chi connectivity index (χ2v) is 5.40. The van der Waals surface area contributed by atoms with Crippen molar-refractivity contribution >= 4 is 27.4 Å². The van der Waals surface area contributed by atoms with Gasteiger partial charge >= 0.3 is 5.69 Å². The topological polar surface area (TPSA) is 78.7 Å². The molecule has 0 aliphatic heterocycles. The number of ether oxygens (including phenoxy) is 2. The fourth-order valence-electron chi connectivity index (χ4n) is 1.91. The van der Waals surface area contributed by atoms with E-state index >= 15 is 0 Å². The molecule has 0 spiro atoms. The van der Waals surface area contributed by atoms with Gasteiger partial charge in [0.05, 0.1) is 4.92 Å². The van der Waals surface area contributed by atoms with Gasteiger partial charge in [-0.05, 0) is 18.6 Å². The average Bonchev–Trinajstić information content (AvgIpc) is 2.40. The van der Waals surface area contributed by atoms with Crippen LogP contribution in [-0.4, -0.2) is 29.5 Å². The molecule has 20 heavy (non-hydrogen) atoms. The van der Waals surface area contributed by atoms with Crippen molar-refractivity contribution in [1.82, 2.24) is 0 Å². The predicted molar refractivity (Wildman–Crippen MR) is 74.9 cm³/mol. The number of benzene rings is 1. The second-order valence-electron chi connectivity index (χ2n) is 4.49. The number of nitro groups is 1. The first-order valence-electron chi connectivity index (χ1n) is 6.28. The van der Waals surface area contributed by atoms with Crippen molar-refractivity contribution in [2.24, 2.45) is 0 Å². The van der Waals surface area contributed by atoms with Crippen LogP contribution in [0, 0.1) is 10.1 Å². The molecule has 1 aliphatic rings. The van der Waals surface area contributed by atoms with Crippen LogP contribution in [0.15, 0.2) is 22.7 Å². The van der Waals surface area contributed by atoms with E-state index in [4.69, 9.17) is 9.47 Å². The minimum absolute atomic E-state index is 0.0248. The van der Waals surface area contributed by atoms with Crippen LogP contribution in [0.1, 0.15) is 19.8 Å². The quantitative estimate of drug-likeness (QED) is 0.586. The van der Waals surface area contributed by atoms with Gasteiger partial charge in [-0.15, -0.1) is 0 Å². The zero-order chi connectivity index (χ0) is 14.7. The van der Waals surface area contributed by atoms with Gasteiger partial charge in [-0.1, -0.05) is 22.9 Å². The van der Waals surface area contributed by atoms with Gasteiger partial charge in [-0.2, -0.15) is 0 Å². The SMILES string of the molecule is CCCOC1C(=O)CC1Oc1ccc(Br)cc1[N+](=O)[O-]. The Hall–Kier alpha value is -1.47. The maximum absolute atomic E-state index is 11.5. The molecule has 1 aromatic carbocycles. The number of carbonyl (C=O) groups is 1. The van der Waals surface area contributed by atoms with E-state index in [-0.39, 0.29) is 23.6 Å². The number of halogens is 1. The van der Waals surface area contributed by atoms with Gasteiger partial charge in [0, 0.05) is 23.6 Å². The van der Waals surface area contributed by atoms with Crippen molar-refractivity contribution in [3.05, 3.63) is 32.8 Å². The molecule has 2 rings (SSSR count). The molecule has 1 fully saturated rings. The second kappa shape index (κ2) is 6.32. The van der Waals surface area contributed by atoms with Crippen molar-refractivity contribution in [2.45, 2.75) is 32.0 Å². The lowest BCUT2D eigenvalue weighted by atomic mass is 9.90. The Bertz CT molecular complexity index is 533. The average molecular weight is 344 g/mol. The molecule has 2 unspecified atom stereocenters. The summed E-state index contributed by atoms with van der Waals surface area (Å²) in [4.78, 5) is 21.9. The maximum Gasteiger partial charge on any atom is 0.312 e. The maximum atomic E-state index is 11.5. The first-order valence-corrected chi connectivity index (χ1v) is 7.07. The van der Waals surface area contributed by atoms with Crippen LogP contribution in [0.4, 0.5) is 5.69 Å². The largest absolute Gasteiger partial charge is 0.480 e. The molecule has 0 N–H and O–H groups in total. The number of nitro benzene ring substituents is 1. The molecule has 1 aliphatic carbocycles. The van der Waals surface area contributed by atoms with E-state index in [0.29, 0.717) is 11.1 Å². The van der Waals surface area contributed by atoms with Gasteiger partial charge in [0.15, 0.2) is 17.6 Å². The van der Waals surface area contributed by atoms with E-state index in [2.05, 4.69) is 15.9 Å². The summed E-state index contributed by atoms with van der Waals surface area (Å²) in [5, 5.41) is 11.0. The highest BCUT2D eigenvalue weighted by Gasteiger charge is 2.43. The first-order chi connectivity index (χ1) is 9.52. The predicted octanol–water partition coefficient (Wildman–Crippen LogP) is 2.87. The number of nitrogens with zero attached hydrogens (tertiary/aromatic N) is 1. The zero-order valence-electron chi connectivity index (χ0n) is 10.9. The molecule has 0 bridgehead atoms. The summed E-state index contributed by atoms with van der Waals surface area (Å²) in [7, 11) is 0. The lowest BCUT2D eigenvalue weighted by molar-refractivity contribution is -0.386. The number of hydrogen-bond acceptors (Lipinski definition) is 5. The summed E-state index contributed by atoms with van der Waals surface area (Å²) in [6, 6.07) is 4.55. The fraction of sp³-hybridized carbons (Fsp3) is 0.462. The molecular weight excluding hydrogens is 330 g/mol. The van der Waals surface area contributed by atoms with E-state index in [9.17, 15) is 14.9 Å². The Balaban J connectivity index is 2.10. The Morgan fingerprint density at radius 1 is 1.50 bits per heavy atom. The van der Waals surface area contributed by atoms with E-state index < -0.39 is 17.1 Å². The van der Waals surface area contributed by atoms with Crippen LogP contribution in [0.2, 0.25) is 0 Å². The third-order valence-electron chi connectivity index (χ3n) is 2.95. The van der Waals surface area contributed by atoms with Gasteiger partial charge in [0.2, 0.25) is 0 Å². The van der Waals surface area contributed by atoms with Crippen LogP contribution >= 0.6 is 15.9 Å². The lowest BCUT2D eigenvalue weighted by Crippen LogP contribution is -2.52. The minimum Gasteiger partial charge on any atom is -0.480 e. The third-order valence-corrected chi connectivity index (χ3v) is 3.45. The van der Waals surface area contributed by atoms with Gasteiger partial charge in [0.25, 0.3) is 0 Å².